The first-order valence-electron chi connectivity index (χ1n) is 9.33. The summed E-state index contributed by atoms with van der Waals surface area (Å²) < 4.78 is 5.85. The summed E-state index contributed by atoms with van der Waals surface area (Å²) in [6.45, 7) is 2.05. The molecule has 2 N–H and O–H groups in total. The molecule has 0 spiro atoms. The predicted molar refractivity (Wildman–Crippen MR) is 121 cm³/mol. The number of amides is 2. The average molecular weight is 443 g/mol. The topological polar surface area (TPSA) is 67.4 Å². The largest absolute Gasteiger partial charge is 0.488 e. The summed E-state index contributed by atoms with van der Waals surface area (Å²) in [6.07, 6.45) is 0.350. The fraction of sp³-hybridized carbons (Fsp3) is 0.130. The van der Waals surface area contributed by atoms with Gasteiger partial charge in [-0.25, -0.2) is 0 Å². The molecule has 3 aromatic carbocycles. The van der Waals surface area contributed by atoms with Crippen LogP contribution in [0.1, 0.15) is 29.3 Å². The maximum absolute atomic E-state index is 12.9. The lowest BCUT2D eigenvalue weighted by atomic mass is 10.1. The maximum Gasteiger partial charge on any atom is 0.259 e. The van der Waals surface area contributed by atoms with Crippen molar-refractivity contribution >= 4 is 46.4 Å². The standard InChI is InChI=1S/C23H20Cl2N2O3/c1-2-22(28)26-17-11-12-19(25)20(13-17)27-23(29)18-5-3-4-6-21(18)30-14-15-7-9-16(24)10-8-15/h3-13H,2,14H2,1H3,(H,26,28)(H,27,29). The van der Waals surface area contributed by atoms with Crippen LogP contribution in [0.4, 0.5) is 11.4 Å². The van der Waals surface area contributed by atoms with Gasteiger partial charge in [-0.2, -0.15) is 0 Å². The number of carbonyl (C=O) groups excluding carboxylic acids is 2. The molecule has 0 heterocycles. The molecule has 0 unspecified atom stereocenters. The number of rotatable bonds is 7. The Balaban J connectivity index is 1.75. The van der Waals surface area contributed by atoms with Crippen LogP contribution in [0.25, 0.3) is 0 Å². The zero-order valence-electron chi connectivity index (χ0n) is 16.2. The molecule has 0 fully saturated rings. The Hall–Kier alpha value is -3.02. The first-order chi connectivity index (χ1) is 14.5. The minimum atomic E-state index is -0.373. The van der Waals surface area contributed by atoms with Crippen molar-refractivity contribution in [2.75, 3.05) is 10.6 Å². The number of nitrogens with one attached hydrogen (secondary N) is 2. The van der Waals surface area contributed by atoms with Gasteiger partial charge >= 0.3 is 0 Å². The number of benzene rings is 3. The van der Waals surface area contributed by atoms with Crippen molar-refractivity contribution in [1.29, 1.82) is 0 Å². The van der Waals surface area contributed by atoms with Crippen molar-refractivity contribution in [3.05, 3.63) is 87.9 Å². The first kappa shape index (κ1) is 21.7. The van der Waals surface area contributed by atoms with E-state index < -0.39 is 0 Å². The molecule has 3 rings (SSSR count). The van der Waals surface area contributed by atoms with E-state index in [4.69, 9.17) is 27.9 Å². The lowest BCUT2D eigenvalue weighted by molar-refractivity contribution is -0.115. The lowest BCUT2D eigenvalue weighted by Crippen LogP contribution is -2.15. The Bertz CT molecular complexity index is 1050. The molecule has 0 bridgehead atoms. The third-order valence-corrected chi connectivity index (χ3v) is 4.84. The maximum atomic E-state index is 12.9. The van der Waals surface area contributed by atoms with E-state index in [1.54, 1.807) is 61.5 Å². The number of hydrogen-bond acceptors (Lipinski definition) is 3. The molecule has 2 amide bonds. The third-order valence-electron chi connectivity index (χ3n) is 4.26. The fourth-order valence-electron chi connectivity index (χ4n) is 2.66. The molecule has 3 aromatic rings. The number of carbonyl (C=O) groups is 2. The quantitative estimate of drug-likeness (QED) is 0.459. The average Bonchev–Trinajstić information content (AvgIpc) is 2.75. The van der Waals surface area contributed by atoms with Crippen LogP contribution >= 0.6 is 23.2 Å². The monoisotopic (exact) mass is 442 g/mol. The number of ether oxygens (including phenoxy) is 1. The van der Waals surface area contributed by atoms with E-state index >= 15 is 0 Å². The molecule has 0 aliphatic rings. The summed E-state index contributed by atoms with van der Waals surface area (Å²) >= 11 is 12.1. The third kappa shape index (κ3) is 5.75. The lowest BCUT2D eigenvalue weighted by Gasteiger charge is -2.13. The summed E-state index contributed by atoms with van der Waals surface area (Å²) in [7, 11) is 0. The zero-order chi connectivity index (χ0) is 21.5. The Labute approximate surface area is 185 Å². The summed E-state index contributed by atoms with van der Waals surface area (Å²) in [5.41, 5.74) is 2.24. The van der Waals surface area contributed by atoms with Crippen molar-refractivity contribution < 1.29 is 14.3 Å². The van der Waals surface area contributed by atoms with Gasteiger partial charge in [0.15, 0.2) is 0 Å². The minimum Gasteiger partial charge on any atom is -0.488 e. The summed E-state index contributed by atoms with van der Waals surface area (Å²) in [6, 6.07) is 19.1. The molecule has 5 nitrogen and oxygen atoms in total. The zero-order valence-corrected chi connectivity index (χ0v) is 17.8. The Morgan fingerprint density at radius 1 is 0.933 bits per heavy atom. The van der Waals surface area contributed by atoms with E-state index in [0.29, 0.717) is 45.8 Å². The summed E-state index contributed by atoms with van der Waals surface area (Å²) in [5.74, 6) is -0.0605. The van der Waals surface area contributed by atoms with Crippen LogP contribution in [0.3, 0.4) is 0 Å². The van der Waals surface area contributed by atoms with Crippen LogP contribution in [0.2, 0.25) is 10.0 Å². The SMILES string of the molecule is CCC(=O)Nc1ccc(Cl)c(NC(=O)c2ccccc2OCc2ccc(Cl)cc2)c1. The Kier molecular flexibility index (Phi) is 7.33. The van der Waals surface area contributed by atoms with Crippen LogP contribution in [0.5, 0.6) is 5.75 Å². The second-order valence-corrected chi connectivity index (χ2v) is 7.31. The van der Waals surface area contributed by atoms with Gasteiger partial charge in [-0.1, -0.05) is 54.4 Å². The van der Waals surface area contributed by atoms with E-state index in [1.807, 2.05) is 12.1 Å². The van der Waals surface area contributed by atoms with Crippen molar-refractivity contribution in [3.8, 4) is 5.75 Å². The number of anilines is 2. The van der Waals surface area contributed by atoms with E-state index in [-0.39, 0.29) is 11.8 Å². The van der Waals surface area contributed by atoms with Crippen LogP contribution in [-0.2, 0) is 11.4 Å². The fourth-order valence-corrected chi connectivity index (χ4v) is 2.95. The van der Waals surface area contributed by atoms with Gasteiger partial charge < -0.3 is 15.4 Å². The molecule has 7 heteroatoms. The molecule has 0 atom stereocenters. The Morgan fingerprint density at radius 2 is 1.67 bits per heavy atom. The molecular formula is C23H20Cl2N2O3. The van der Waals surface area contributed by atoms with Gasteiger partial charge in [-0.3, -0.25) is 9.59 Å². The minimum absolute atomic E-state index is 0.129. The van der Waals surface area contributed by atoms with E-state index in [0.717, 1.165) is 5.56 Å². The highest BCUT2D eigenvalue weighted by molar-refractivity contribution is 6.34. The van der Waals surface area contributed by atoms with Crippen molar-refractivity contribution in [2.45, 2.75) is 20.0 Å². The van der Waals surface area contributed by atoms with Gasteiger partial charge in [0.1, 0.15) is 12.4 Å². The van der Waals surface area contributed by atoms with E-state index in [9.17, 15) is 9.59 Å². The second-order valence-electron chi connectivity index (χ2n) is 6.46. The summed E-state index contributed by atoms with van der Waals surface area (Å²) in [5, 5.41) is 6.53. The second kappa shape index (κ2) is 10.1. The van der Waals surface area contributed by atoms with Gasteiger partial charge in [0, 0.05) is 17.1 Å². The molecule has 0 aliphatic heterocycles. The van der Waals surface area contributed by atoms with Crippen LogP contribution in [0, 0.1) is 0 Å². The van der Waals surface area contributed by atoms with Crippen molar-refractivity contribution in [2.24, 2.45) is 0 Å². The first-order valence-corrected chi connectivity index (χ1v) is 10.1. The molecule has 0 aromatic heterocycles. The molecule has 0 saturated heterocycles. The highest BCUT2D eigenvalue weighted by Gasteiger charge is 2.15. The van der Waals surface area contributed by atoms with E-state index in [2.05, 4.69) is 10.6 Å². The van der Waals surface area contributed by atoms with Gasteiger partial charge in [0.2, 0.25) is 5.91 Å². The van der Waals surface area contributed by atoms with Crippen molar-refractivity contribution in [1.82, 2.24) is 0 Å². The number of hydrogen-bond donors (Lipinski definition) is 2. The van der Waals surface area contributed by atoms with Gasteiger partial charge in [0.25, 0.3) is 5.91 Å². The van der Waals surface area contributed by atoms with Gasteiger partial charge in [-0.05, 0) is 48.0 Å². The van der Waals surface area contributed by atoms with Gasteiger partial charge in [-0.15, -0.1) is 0 Å². The highest BCUT2D eigenvalue weighted by atomic mass is 35.5. The highest BCUT2D eigenvalue weighted by Crippen LogP contribution is 2.28. The number of halogens is 2. The normalized spacial score (nSPS) is 10.4. The Morgan fingerprint density at radius 3 is 2.40 bits per heavy atom. The molecule has 0 aliphatic carbocycles. The molecular weight excluding hydrogens is 423 g/mol. The van der Waals surface area contributed by atoms with Crippen LogP contribution in [0.15, 0.2) is 66.7 Å². The molecule has 0 radical (unpaired) electrons. The van der Waals surface area contributed by atoms with Gasteiger partial charge in [0.05, 0.1) is 16.3 Å². The molecule has 154 valence electrons. The summed E-state index contributed by atoms with van der Waals surface area (Å²) in [4.78, 5) is 24.5. The predicted octanol–water partition coefficient (Wildman–Crippen LogP) is 6.17. The molecule has 0 saturated carbocycles. The molecule has 30 heavy (non-hydrogen) atoms. The van der Waals surface area contributed by atoms with E-state index in [1.165, 1.54) is 0 Å². The smallest absolute Gasteiger partial charge is 0.259 e. The van der Waals surface area contributed by atoms with Crippen molar-refractivity contribution in [3.63, 3.8) is 0 Å². The van der Waals surface area contributed by atoms with Crippen LogP contribution < -0.4 is 15.4 Å². The van der Waals surface area contributed by atoms with Crippen LogP contribution in [-0.4, -0.2) is 11.8 Å². The number of para-hydroxylation sites is 1.